The van der Waals surface area contributed by atoms with E-state index in [4.69, 9.17) is 36.9 Å². The van der Waals surface area contributed by atoms with Crippen LogP contribution in [0.2, 0.25) is 5.02 Å². The number of anilines is 2. The van der Waals surface area contributed by atoms with Gasteiger partial charge in [-0.3, -0.25) is 4.79 Å². The minimum Gasteiger partial charge on any atom is -0.490 e. The number of likely N-dealkylation sites (N-methyl/N-ethyl adjacent to an activating group) is 1. The fraction of sp³-hybridized carbons (Fsp3) is 0.500. The smallest absolute Gasteiger partial charge is 0.258 e. The Labute approximate surface area is 220 Å². The third-order valence-corrected chi connectivity index (χ3v) is 7.61. The lowest BCUT2D eigenvalue weighted by Crippen LogP contribution is -2.56. The van der Waals surface area contributed by atoms with Crippen molar-refractivity contribution >= 4 is 34.8 Å². The van der Waals surface area contributed by atoms with Gasteiger partial charge in [-0.1, -0.05) is 11.6 Å². The molecule has 2 N–H and O–H groups in total. The van der Waals surface area contributed by atoms with E-state index in [2.05, 4.69) is 15.9 Å². The van der Waals surface area contributed by atoms with Crippen LogP contribution < -0.4 is 20.3 Å². The third-order valence-electron chi connectivity index (χ3n) is 7.37. The number of nitrogens with zero attached hydrogens (tertiary/aromatic N) is 6. The average Bonchev–Trinajstić information content (AvgIpc) is 3.32. The fourth-order valence-electron chi connectivity index (χ4n) is 5.32. The Morgan fingerprint density at radius 2 is 1.95 bits per heavy atom. The Bertz CT molecular complexity index is 1310. The molecule has 1 amide bonds. The number of rotatable bonds is 1. The number of halogens is 1. The molecule has 0 radical (unpaired) electrons. The van der Waals surface area contributed by atoms with Crippen molar-refractivity contribution in [1.82, 2.24) is 19.5 Å². The molecule has 3 aliphatic rings. The van der Waals surface area contributed by atoms with Crippen molar-refractivity contribution in [3.63, 3.8) is 0 Å². The minimum atomic E-state index is -0.162. The lowest BCUT2D eigenvalue weighted by Gasteiger charge is -2.38. The largest absolute Gasteiger partial charge is 0.490 e. The number of carbonyl (C=O) groups excluding carboxylic acids is 1. The van der Waals surface area contributed by atoms with Gasteiger partial charge in [-0.15, -0.1) is 0 Å². The number of ether oxygens (including phenoxy) is 2. The molecule has 2 saturated heterocycles. The van der Waals surface area contributed by atoms with Crippen molar-refractivity contribution < 1.29 is 14.3 Å². The van der Waals surface area contributed by atoms with E-state index in [1.807, 2.05) is 22.5 Å². The highest BCUT2D eigenvalue weighted by atomic mass is 35.5. The maximum Gasteiger partial charge on any atom is 0.258 e. The summed E-state index contributed by atoms with van der Waals surface area (Å²) in [6.45, 7) is 4.15. The molecule has 6 rings (SSSR count). The summed E-state index contributed by atoms with van der Waals surface area (Å²) in [6.07, 6.45) is 2.79. The fourth-order valence-corrected chi connectivity index (χ4v) is 5.49. The molecule has 10 nitrogen and oxygen atoms in total. The molecule has 2 bridgehead atoms. The molecule has 2 fully saturated rings. The number of carbonyl (C=O) groups is 1. The second kappa shape index (κ2) is 10.00. The van der Waals surface area contributed by atoms with Crippen LogP contribution in [0.5, 0.6) is 5.75 Å². The van der Waals surface area contributed by atoms with Crippen LogP contribution in [-0.4, -0.2) is 84.5 Å². The summed E-state index contributed by atoms with van der Waals surface area (Å²) in [7, 11) is 2.03. The summed E-state index contributed by atoms with van der Waals surface area (Å²) in [5, 5.41) is 5.50. The van der Waals surface area contributed by atoms with E-state index in [1.54, 1.807) is 18.2 Å². The zero-order chi connectivity index (χ0) is 25.5. The second-order valence-electron chi connectivity index (χ2n) is 10.0. The van der Waals surface area contributed by atoms with Crippen LogP contribution in [0.1, 0.15) is 41.4 Å². The van der Waals surface area contributed by atoms with Crippen molar-refractivity contribution in [1.29, 1.82) is 0 Å². The highest BCUT2D eigenvalue weighted by Crippen LogP contribution is 2.35. The molecule has 1 atom stereocenters. The molecule has 0 spiro atoms. The molecule has 1 aromatic carbocycles. The molecule has 2 aromatic heterocycles. The molecule has 11 heteroatoms. The third kappa shape index (κ3) is 4.69. The molecule has 37 heavy (non-hydrogen) atoms. The number of fused-ring (bicyclic) bond motifs is 4. The first kappa shape index (κ1) is 24.3. The molecular formula is C26H32ClN7O3. The van der Waals surface area contributed by atoms with Crippen LogP contribution in [-0.2, 0) is 4.74 Å². The summed E-state index contributed by atoms with van der Waals surface area (Å²) < 4.78 is 13.7. The molecule has 3 aliphatic heterocycles. The van der Waals surface area contributed by atoms with E-state index in [1.165, 1.54) is 0 Å². The van der Waals surface area contributed by atoms with Gasteiger partial charge in [-0.05, 0) is 37.5 Å². The Kier molecular flexibility index (Phi) is 6.56. The Balaban J connectivity index is 1.44. The van der Waals surface area contributed by atoms with Gasteiger partial charge in [0.05, 0.1) is 30.5 Å². The zero-order valence-electron chi connectivity index (χ0n) is 21.0. The minimum absolute atomic E-state index is 0.104. The van der Waals surface area contributed by atoms with Gasteiger partial charge in [0.2, 0.25) is 0 Å². The molecular weight excluding hydrogens is 494 g/mol. The summed E-state index contributed by atoms with van der Waals surface area (Å²) in [5.41, 5.74) is 8.10. The van der Waals surface area contributed by atoms with Gasteiger partial charge in [0, 0.05) is 56.4 Å². The van der Waals surface area contributed by atoms with Crippen LogP contribution in [0.15, 0.2) is 30.3 Å². The van der Waals surface area contributed by atoms with E-state index in [9.17, 15) is 4.79 Å². The summed E-state index contributed by atoms with van der Waals surface area (Å²) >= 11 is 6.30. The molecule has 1 unspecified atom stereocenters. The number of amides is 1. The first-order valence-electron chi connectivity index (χ1n) is 12.9. The molecule has 3 aromatic rings. The molecule has 5 heterocycles. The summed E-state index contributed by atoms with van der Waals surface area (Å²) in [6, 6.07) is 9.28. The first-order valence-corrected chi connectivity index (χ1v) is 13.3. The van der Waals surface area contributed by atoms with Gasteiger partial charge in [0.25, 0.3) is 5.91 Å². The Hall–Kier alpha value is -3.08. The van der Waals surface area contributed by atoms with Gasteiger partial charge < -0.3 is 29.9 Å². The van der Waals surface area contributed by atoms with Crippen LogP contribution in [0, 0.1) is 0 Å². The Morgan fingerprint density at radius 1 is 1.08 bits per heavy atom. The number of nitrogens with two attached hydrogens (primary N) is 1. The van der Waals surface area contributed by atoms with E-state index in [0.717, 1.165) is 55.3 Å². The van der Waals surface area contributed by atoms with E-state index in [0.29, 0.717) is 49.2 Å². The van der Waals surface area contributed by atoms with E-state index in [-0.39, 0.29) is 18.0 Å². The van der Waals surface area contributed by atoms with Crippen LogP contribution in [0.3, 0.4) is 0 Å². The predicted octanol–water partition coefficient (Wildman–Crippen LogP) is 2.74. The van der Waals surface area contributed by atoms with Crippen LogP contribution in [0.25, 0.3) is 5.65 Å². The topological polar surface area (TPSA) is 101 Å². The lowest BCUT2D eigenvalue weighted by molar-refractivity contribution is 0.0596. The van der Waals surface area contributed by atoms with Crippen molar-refractivity contribution in [3.05, 3.63) is 46.6 Å². The molecule has 0 saturated carbocycles. The standard InChI is InChI=1S/C26H32ClN7O3/c1-31-8-9-36-10-11-37-22-6-5-17(27)12-19(22)26(35)33-7-3-2-4-21(33)20-13-24-29-23(32-15-18(28)16-32)14-25(31)34(24)30-20/h5-6,12-14,18,21H,2-4,7-11,15-16,28H2,1H3. The van der Waals surface area contributed by atoms with Gasteiger partial charge in [0.15, 0.2) is 5.65 Å². The first-order chi connectivity index (χ1) is 18.0. The average molecular weight is 526 g/mol. The number of hydrogen-bond acceptors (Lipinski definition) is 8. The van der Waals surface area contributed by atoms with Crippen molar-refractivity contribution in [2.75, 3.05) is 62.8 Å². The van der Waals surface area contributed by atoms with Crippen molar-refractivity contribution in [2.24, 2.45) is 5.73 Å². The number of aromatic nitrogens is 3. The lowest BCUT2D eigenvalue weighted by atomic mass is 9.98. The molecule has 0 aliphatic carbocycles. The second-order valence-corrected chi connectivity index (χ2v) is 10.4. The summed E-state index contributed by atoms with van der Waals surface area (Å²) in [5.74, 6) is 2.22. The van der Waals surface area contributed by atoms with Gasteiger partial charge in [-0.2, -0.15) is 9.61 Å². The summed E-state index contributed by atoms with van der Waals surface area (Å²) in [4.78, 5) is 25.0. The quantitative estimate of drug-likeness (QED) is 0.517. The number of piperidine rings is 1. The Morgan fingerprint density at radius 3 is 2.78 bits per heavy atom. The predicted molar refractivity (Wildman–Crippen MR) is 142 cm³/mol. The van der Waals surface area contributed by atoms with Gasteiger partial charge in [-0.25, -0.2) is 4.98 Å². The molecule has 196 valence electrons. The maximum atomic E-state index is 13.9. The zero-order valence-corrected chi connectivity index (χ0v) is 21.7. The van der Waals surface area contributed by atoms with Crippen LogP contribution in [0.4, 0.5) is 11.6 Å². The van der Waals surface area contributed by atoms with Gasteiger partial charge in [0.1, 0.15) is 24.0 Å². The highest BCUT2D eigenvalue weighted by Gasteiger charge is 2.33. The monoisotopic (exact) mass is 525 g/mol. The number of hydrogen-bond donors (Lipinski definition) is 1. The normalized spacial score (nSPS) is 21.5. The van der Waals surface area contributed by atoms with E-state index < -0.39 is 0 Å². The van der Waals surface area contributed by atoms with Crippen LogP contribution >= 0.6 is 11.6 Å². The van der Waals surface area contributed by atoms with Crippen molar-refractivity contribution in [2.45, 2.75) is 31.3 Å². The van der Waals surface area contributed by atoms with Crippen molar-refractivity contribution in [3.8, 4) is 5.75 Å². The number of benzene rings is 1. The van der Waals surface area contributed by atoms with Gasteiger partial charge >= 0.3 is 0 Å². The SMILES string of the molecule is CN1CCOCCOc2ccc(Cl)cc2C(=O)N2CCCCC2c2cc3nc(N4CC(N)C4)cc1n3n2. The maximum absolute atomic E-state index is 13.9. The van der Waals surface area contributed by atoms with E-state index >= 15 is 0 Å². The highest BCUT2D eigenvalue weighted by molar-refractivity contribution is 6.31.